The Labute approximate surface area is 229 Å². The summed E-state index contributed by atoms with van der Waals surface area (Å²) in [7, 11) is 3.91. The Hall–Kier alpha value is -3.92. The molecular weight excluding hydrogens is 529 g/mol. The smallest absolute Gasteiger partial charge is 0.259 e. The number of hydrogen-bond donors (Lipinski definition) is 3. The van der Waals surface area contributed by atoms with E-state index >= 15 is 0 Å². The number of nitrogens with zero attached hydrogens (tertiary/aromatic N) is 3. The van der Waals surface area contributed by atoms with Gasteiger partial charge in [-0.2, -0.15) is 0 Å². The Morgan fingerprint density at radius 2 is 1.76 bits per heavy atom. The monoisotopic (exact) mass is 553 g/mol. The summed E-state index contributed by atoms with van der Waals surface area (Å²) in [5, 5.41) is 16.1. The fourth-order valence-corrected chi connectivity index (χ4v) is 4.14. The lowest BCUT2D eigenvalue weighted by molar-refractivity contribution is -0.123. The highest BCUT2D eigenvalue weighted by atomic mass is 35.5. The molecule has 0 radical (unpaired) electrons. The number of likely N-dealkylation sites (N-methyl/N-ethyl adjacent to an activating group) is 1. The molecule has 1 aliphatic rings. The Bertz CT molecular complexity index is 1410. The summed E-state index contributed by atoms with van der Waals surface area (Å²) in [6.07, 6.45) is 3.24. The van der Waals surface area contributed by atoms with E-state index in [9.17, 15) is 19.5 Å². The van der Waals surface area contributed by atoms with Gasteiger partial charge < -0.3 is 25.5 Å². The number of amides is 3. The van der Waals surface area contributed by atoms with Crippen LogP contribution in [0, 0.1) is 0 Å². The van der Waals surface area contributed by atoms with E-state index in [1.807, 2.05) is 25.1 Å². The molecule has 2 aromatic carbocycles. The van der Waals surface area contributed by atoms with E-state index < -0.39 is 11.8 Å². The minimum atomic E-state index is -0.645. The molecule has 0 aliphatic carbocycles. The van der Waals surface area contributed by atoms with Crippen LogP contribution in [0.25, 0.3) is 5.57 Å². The van der Waals surface area contributed by atoms with Crippen molar-refractivity contribution < 1.29 is 19.5 Å². The summed E-state index contributed by atoms with van der Waals surface area (Å²) < 4.78 is 0. The molecule has 38 heavy (non-hydrogen) atoms. The fourth-order valence-electron chi connectivity index (χ4n) is 3.82. The van der Waals surface area contributed by atoms with E-state index in [0.29, 0.717) is 29.2 Å². The minimum absolute atomic E-state index is 0.0547. The fraction of sp³-hybridized carbons (Fsp3) is 0.185. The number of halogens is 2. The van der Waals surface area contributed by atoms with Crippen LogP contribution in [-0.4, -0.2) is 71.3 Å². The number of phenolic OH excluding ortho intramolecular Hbond substituents is 1. The zero-order chi connectivity index (χ0) is 27.4. The molecule has 0 unspecified atom stereocenters. The Balaban J connectivity index is 1.49. The third-order valence-corrected chi connectivity index (χ3v) is 6.28. The van der Waals surface area contributed by atoms with Gasteiger partial charge in [0.25, 0.3) is 17.7 Å². The predicted molar refractivity (Wildman–Crippen MR) is 148 cm³/mol. The number of pyridine rings is 1. The van der Waals surface area contributed by atoms with Crippen molar-refractivity contribution in [1.82, 2.24) is 14.8 Å². The Kier molecular flexibility index (Phi) is 8.31. The van der Waals surface area contributed by atoms with Crippen molar-refractivity contribution >= 4 is 58.0 Å². The van der Waals surface area contributed by atoms with E-state index in [4.69, 9.17) is 23.2 Å². The van der Waals surface area contributed by atoms with Crippen LogP contribution in [0.3, 0.4) is 0 Å². The molecule has 0 bridgehead atoms. The molecular formula is C27H25Cl2N5O4. The van der Waals surface area contributed by atoms with Crippen LogP contribution in [0.1, 0.15) is 26.3 Å². The van der Waals surface area contributed by atoms with Gasteiger partial charge in [-0.3, -0.25) is 14.4 Å². The molecule has 0 saturated heterocycles. The molecule has 1 aromatic heterocycles. The summed E-state index contributed by atoms with van der Waals surface area (Å²) in [5.41, 5.74) is 1.38. The van der Waals surface area contributed by atoms with Crippen LogP contribution < -0.4 is 10.6 Å². The van der Waals surface area contributed by atoms with Crippen LogP contribution in [0.4, 0.5) is 11.5 Å². The molecule has 3 amide bonds. The van der Waals surface area contributed by atoms with Gasteiger partial charge in [0.2, 0.25) is 0 Å². The van der Waals surface area contributed by atoms with Gasteiger partial charge in [-0.25, -0.2) is 4.98 Å². The van der Waals surface area contributed by atoms with Gasteiger partial charge in [-0.05, 0) is 50.0 Å². The number of nitrogens with one attached hydrogen (secondary N) is 2. The lowest BCUT2D eigenvalue weighted by atomic mass is 10.0. The number of aromatic nitrogens is 1. The molecule has 3 aromatic rings. The summed E-state index contributed by atoms with van der Waals surface area (Å²) in [6.45, 7) is 1.93. The van der Waals surface area contributed by atoms with E-state index in [2.05, 4.69) is 15.6 Å². The largest absolute Gasteiger partial charge is 0.506 e. The Morgan fingerprint density at radius 3 is 2.42 bits per heavy atom. The van der Waals surface area contributed by atoms with Gasteiger partial charge in [-0.15, -0.1) is 0 Å². The molecule has 196 valence electrons. The first kappa shape index (κ1) is 27.1. The molecule has 11 heteroatoms. The second kappa shape index (κ2) is 11.6. The summed E-state index contributed by atoms with van der Waals surface area (Å²) >= 11 is 11.9. The zero-order valence-electron chi connectivity index (χ0n) is 20.7. The van der Waals surface area contributed by atoms with Crippen molar-refractivity contribution in [3.05, 3.63) is 87.5 Å². The van der Waals surface area contributed by atoms with Gasteiger partial charge in [0.05, 0.1) is 16.3 Å². The van der Waals surface area contributed by atoms with Crippen molar-refractivity contribution in [2.45, 2.75) is 0 Å². The maximum absolute atomic E-state index is 13.0. The van der Waals surface area contributed by atoms with Crippen LogP contribution in [0.2, 0.25) is 10.0 Å². The third-order valence-electron chi connectivity index (χ3n) is 5.84. The lowest BCUT2D eigenvalue weighted by Gasteiger charge is -2.19. The number of carbonyl (C=O) groups is 3. The Morgan fingerprint density at radius 1 is 1.03 bits per heavy atom. The van der Waals surface area contributed by atoms with E-state index in [0.717, 1.165) is 6.54 Å². The van der Waals surface area contributed by atoms with Gasteiger partial charge in [-0.1, -0.05) is 41.4 Å². The van der Waals surface area contributed by atoms with Crippen molar-refractivity contribution in [1.29, 1.82) is 0 Å². The van der Waals surface area contributed by atoms with Crippen LogP contribution >= 0.6 is 23.2 Å². The number of anilines is 2. The lowest BCUT2D eigenvalue weighted by Crippen LogP contribution is -2.33. The summed E-state index contributed by atoms with van der Waals surface area (Å²) in [6, 6.07) is 12.1. The first-order valence-corrected chi connectivity index (χ1v) is 12.4. The quantitative estimate of drug-likeness (QED) is 0.356. The number of carbonyl (C=O) groups excluding carboxylic acids is 3. The average molecular weight is 554 g/mol. The first-order chi connectivity index (χ1) is 18.1. The van der Waals surface area contributed by atoms with Crippen LogP contribution in [0.5, 0.6) is 5.75 Å². The van der Waals surface area contributed by atoms with Crippen molar-refractivity contribution in [3.8, 4) is 5.75 Å². The van der Waals surface area contributed by atoms with Gasteiger partial charge >= 0.3 is 0 Å². The summed E-state index contributed by atoms with van der Waals surface area (Å²) in [5.74, 6) is -1.42. The van der Waals surface area contributed by atoms with Crippen molar-refractivity contribution in [2.24, 2.45) is 0 Å². The second-order valence-corrected chi connectivity index (χ2v) is 9.74. The van der Waals surface area contributed by atoms with Gasteiger partial charge in [0.15, 0.2) is 0 Å². The zero-order valence-corrected chi connectivity index (χ0v) is 22.2. The topological polar surface area (TPSA) is 115 Å². The first-order valence-electron chi connectivity index (χ1n) is 11.6. The predicted octanol–water partition coefficient (Wildman–Crippen LogP) is 4.39. The molecule has 0 spiro atoms. The molecule has 1 aliphatic heterocycles. The van der Waals surface area contributed by atoms with E-state index in [-0.39, 0.29) is 39.3 Å². The minimum Gasteiger partial charge on any atom is -0.506 e. The van der Waals surface area contributed by atoms with E-state index in [1.54, 1.807) is 35.2 Å². The molecule has 9 nitrogen and oxygen atoms in total. The molecule has 2 heterocycles. The van der Waals surface area contributed by atoms with Crippen molar-refractivity contribution in [2.75, 3.05) is 44.4 Å². The van der Waals surface area contributed by atoms with Gasteiger partial charge in [0, 0.05) is 48.1 Å². The molecule has 3 N–H and O–H groups in total. The van der Waals surface area contributed by atoms with Gasteiger partial charge in [0.1, 0.15) is 11.6 Å². The highest BCUT2D eigenvalue weighted by Crippen LogP contribution is 2.33. The third kappa shape index (κ3) is 6.31. The highest BCUT2D eigenvalue weighted by molar-refractivity contribution is 6.32. The maximum Gasteiger partial charge on any atom is 0.259 e. The standard InChI is InChI=1S/C27H25Cl2N5O4/c1-33(2)11-12-34-10-9-20(27(34)38)16-3-5-17(6-4-16)25(36)32-24-21(13-19(29)14-22(24)35)26(37)31-23-8-7-18(28)15-30-23/h3-9,13-15,35H,10-12H2,1-2H3,(H,32,36)(H,30,31,37). The normalized spacial score (nSPS) is 13.0. The number of aromatic hydroxyl groups is 1. The average Bonchev–Trinajstić information content (AvgIpc) is 3.25. The molecule has 0 fully saturated rings. The second-order valence-electron chi connectivity index (χ2n) is 8.87. The number of phenols is 1. The molecule has 4 rings (SSSR count). The van der Waals surface area contributed by atoms with E-state index in [1.165, 1.54) is 24.4 Å². The van der Waals surface area contributed by atoms with Crippen molar-refractivity contribution in [3.63, 3.8) is 0 Å². The SMILES string of the molecule is CN(C)CCN1CC=C(c2ccc(C(=O)Nc3c(O)cc(Cl)cc3C(=O)Nc3ccc(Cl)cn3)cc2)C1=O. The summed E-state index contributed by atoms with van der Waals surface area (Å²) in [4.78, 5) is 46.5. The molecule has 0 atom stereocenters. The number of hydrogen-bond acceptors (Lipinski definition) is 6. The highest BCUT2D eigenvalue weighted by Gasteiger charge is 2.25. The van der Waals surface area contributed by atoms with Crippen LogP contribution in [-0.2, 0) is 4.79 Å². The molecule has 0 saturated carbocycles. The number of rotatable bonds is 8. The number of benzene rings is 2. The maximum atomic E-state index is 13.0. The van der Waals surface area contributed by atoms with Crippen LogP contribution in [0.15, 0.2) is 60.8 Å².